The minimum Gasteiger partial charge on any atom is -0.307 e. The summed E-state index contributed by atoms with van der Waals surface area (Å²) in [6.45, 7) is 1.82. The van der Waals surface area contributed by atoms with Crippen molar-refractivity contribution in [2.45, 2.75) is 18.0 Å². The maximum atomic E-state index is 13.3. The van der Waals surface area contributed by atoms with E-state index in [1.165, 1.54) is 17.0 Å². The van der Waals surface area contributed by atoms with Crippen molar-refractivity contribution in [3.63, 3.8) is 0 Å². The van der Waals surface area contributed by atoms with E-state index in [2.05, 4.69) is 10.2 Å². The maximum absolute atomic E-state index is 13.3. The van der Waals surface area contributed by atoms with E-state index >= 15 is 0 Å². The molecule has 0 saturated carbocycles. The molecule has 0 saturated heterocycles. The molecule has 0 radical (unpaired) electrons. The second-order valence-corrected chi connectivity index (χ2v) is 8.19. The molecule has 2 heterocycles. The first-order chi connectivity index (χ1) is 12.9. The van der Waals surface area contributed by atoms with Gasteiger partial charge in [0.15, 0.2) is 5.82 Å². The van der Waals surface area contributed by atoms with Crippen molar-refractivity contribution < 1.29 is 12.8 Å². The Balaban J connectivity index is 1.93. The van der Waals surface area contributed by atoms with E-state index in [0.29, 0.717) is 11.4 Å². The van der Waals surface area contributed by atoms with Gasteiger partial charge in [0.2, 0.25) is 9.84 Å². The van der Waals surface area contributed by atoms with Gasteiger partial charge in [-0.05, 0) is 48.4 Å². The molecule has 6 nitrogen and oxygen atoms in total. The molecular weight excluding hydrogens is 367 g/mol. The van der Waals surface area contributed by atoms with Crippen LogP contribution in [0.4, 0.5) is 10.2 Å². The van der Waals surface area contributed by atoms with Gasteiger partial charge in [-0.3, -0.25) is 10.00 Å². The first kappa shape index (κ1) is 17.4. The topological polar surface area (TPSA) is 92.1 Å². The van der Waals surface area contributed by atoms with Crippen molar-refractivity contribution in [3.05, 3.63) is 82.3 Å². The molecule has 1 unspecified atom stereocenters. The summed E-state index contributed by atoms with van der Waals surface area (Å²) >= 11 is 0. The fourth-order valence-corrected chi connectivity index (χ4v) is 4.60. The average Bonchev–Trinajstić information content (AvgIpc) is 3.08. The smallest absolute Gasteiger partial charge is 0.222 e. The van der Waals surface area contributed by atoms with Crippen molar-refractivity contribution in [3.8, 4) is 0 Å². The Morgan fingerprint density at radius 3 is 2.52 bits per heavy atom. The van der Waals surface area contributed by atoms with Crippen LogP contribution >= 0.6 is 0 Å². The fraction of sp³-hybridized carbons (Fsp3) is 0.105. The SMILES string of the molecule is Cc1cc(N2C(S(=O)(=O)c3ccc(F)cc3)=Cc3ccccc3C2N)n[nH]1. The number of aryl methyl sites for hydroxylation is 1. The predicted molar refractivity (Wildman–Crippen MR) is 101 cm³/mol. The molecule has 27 heavy (non-hydrogen) atoms. The number of sulfone groups is 1. The molecule has 2 aromatic carbocycles. The van der Waals surface area contributed by atoms with Gasteiger partial charge in [-0.2, -0.15) is 5.10 Å². The number of aromatic amines is 1. The van der Waals surface area contributed by atoms with E-state index in [0.717, 1.165) is 23.4 Å². The summed E-state index contributed by atoms with van der Waals surface area (Å²) in [5.41, 5.74) is 8.71. The Morgan fingerprint density at radius 2 is 1.85 bits per heavy atom. The molecule has 1 atom stereocenters. The molecule has 0 fully saturated rings. The van der Waals surface area contributed by atoms with Crippen LogP contribution in [0.5, 0.6) is 0 Å². The van der Waals surface area contributed by atoms with E-state index in [4.69, 9.17) is 5.73 Å². The summed E-state index contributed by atoms with van der Waals surface area (Å²) in [6, 6.07) is 13.8. The summed E-state index contributed by atoms with van der Waals surface area (Å²) < 4.78 is 39.9. The van der Waals surface area contributed by atoms with E-state index in [-0.39, 0.29) is 9.92 Å². The summed E-state index contributed by atoms with van der Waals surface area (Å²) in [6.07, 6.45) is 0.834. The largest absolute Gasteiger partial charge is 0.307 e. The second kappa shape index (κ2) is 6.33. The minimum atomic E-state index is -3.96. The molecule has 0 spiro atoms. The highest BCUT2D eigenvalue weighted by molar-refractivity contribution is 7.95. The lowest BCUT2D eigenvalue weighted by Gasteiger charge is -2.35. The number of nitrogens with two attached hydrogens (primary N) is 1. The Labute approximate surface area is 156 Å². The number of benzene rings is 2. The number of rotatable bonds is 3. The molecule has 0 amide bonds. The lowest BCUT2D eigenvalue weighted by atomic mass is 10.0. The molecule has 3 N–H and O–H groups in total. The number of hydrogen-bond acceptors (Lipinski definition) is 5. The Hall–Kier alpha value is -2.97. The number of fused-ring (bicyclic) bond motifs is 1. The van der Waals surface area contributed by atoms with Crippen molar-refractivity contribution in [1.82, 2.24) is 10.2 Å². The molecule has 3 aromatic rings. The monoisotopic (exact) mass is 384 g/mol. The standard InChI is InChI=1S/C19H17FN4O2S/c1-12-10-17(23-22-12)24-18(11-13-4-2-3-5-16(13)19(24)21)27(25,26)15-8-6-14(20)7-9-15/h2-11,19H,21H2,1H3,(H,22,23). The second-order valence-electron chi connectivity index (χ2n) is 6.29. The summed E-state index contributed by atoms with van der Waals surface area (Å²) in [5, 5.41) is 6.99. The predicted octanol–water partition coefficient (Wildman–Crippen LogP) is 3.11. The highest BCUT2D eigenvalue weighted by Crippen LogP contribution is 2.38. The number of aromatic nitrogens is 2. The lowest BCUT2D eigenvalue weighted by Crippen LogP contribution is -2.39. The Kier molecular flexibility index (Phi) is 4.09. The Morgan fingerprint density at radius 1 is 1.15 bits per heavy atom. The third-order valence-corrected chi connectivity index (χ3v) is 6.21. The van der Waals surface area contributed by atoms with Gasteiger partial charge in [0, 0.05) is 11.8 Å². The highest BCUT2D eigenvalue weighted by Gasteiger charge is 2.36. The van der Waals surface area contributed by atoms with Gasteiger partial charge in [-0.25, -0.2) is 12.8 Å². The van der Waals surface area contributed by atoms with Gasteiger partial charge < -0.3 is 5.73 Å². The number of nitrogens with one attached hydrogen (secondary N) is 1. The summed E-state index contributed by atoms with van der Waals surface area (Å²) in [7, 11) is -3.96. The number of H-pyrrole nitrogens is 1. The van der Waals surface area contributed by atoms with Crippen LogP contribution in [0.2, 0.25) is 0 Å². The first-order valence-corrected chi connectivity index (χ1v) is 9.74. The number of anilines is 1. The zero-order valence-electron chi connectivity index (χ0n) is 14.4. The van der Waals surface area contributed by atoms with Gasteiger partial charge in [0.05, 0.1) is 4.90 Å². The van der Waals surface area contributed by atoms with Crippen molar-refractivity contribution in [1.29, 1.82) is 0 Å². The van der Waals surface area contributed by atoms with Gasteiger partial charge in [0.25, 0.3) is 0 Å². The van der Waals surface area contributed by atoms with Crippen LogP contribution in [-0.4, -0.2) is 18.6 Å². The third kappa shape index (κ3) is 2.92. The number of halogens is 1. The van der Waals surface area contributed by atoms with Gasteiger partial charge in [-0.15, -0.1) is 0 Å². The Bertz CT molecular complexity index is 1140. The molecule has 1 aliphatic rings. The fourth-order valence-electron chi connectivity index (χ4n) is 3.11. The minimum absolute atomic E-state index is 0.00759. The van der Waals surface area contributed by atoms with Crippen LogP contribution in [0.3, 0.4) is 0 Å². The molecule has 8 heteroatoms. The van der Waals surface area contributed by atoms with Crippen LogP contribution in [-0.2, 0) is 9.84 Å². The van der Waals surface area contributed by atoms with Crippen LogP contribution in [0, 0.1) is 12.7 Å². The number of nitrogens with zero attached hydrogens (tertiary/aromatic N) is 2. The van der Waals surface area contributed by atoms with E-state index in [1.807, 2.05) is 31.2 Å². The van der Waals surface area contributed by atoms with E-state index < -0.39 is 21.8 Å². The van der Waals surface area contributed by atoms with Gasteiger partial charge >= 0.3 is 0 Å². The van der Waals surface area contributed by atoms with E-state index in [1.54, 1.807) is 12.1 Å². The van der Waals surface area contributed by atoms with Crippen molar-refractivity contribution in [2.75, 3.05) is 4.90 Å². The molecule has 138 valence electrons. The zero-order valence-corrected chi connectivity index (χ0v) is 15.2. The maximum Gasteiger partial charge on any atom is 0.222 e. The lowest BCUT2D eigenvalue weighted by molar-refractivity contribution is 0.593. The summed E-state index contributed by atoms with van der Waals surface area (Å²) in [5.74, 6) is -0.111. The van der Waals surface area contributed by atoms with Crippen LogP contribution < -0.4 is 10.6 Å². The quantitative estimate of drug-likeness (QED) is 0.677. The molecule has 4 rings (SSSR count). The van der Waals surface area contributed by atoms with Gasteiger partial charge in [-0.1, -0.05) is 24.3 Å². The molecule has 0 aliphatic carbocycles. The van der Waals surface area contributed by atoms with Crippen molar-refractivity contribution >= 4 is 21.7 Å². The van der Waals surface area contributed by atoms with Crippen LogP contribution in [0.1, 0.15) is 23.0 Å². The number of hydrogen-bond donors (Lipinski definition) is 2. The highest BCUT2D eigenvalue weighted by atomic mass is 32.2. The first-order valence-electron chi connectivity index (χ1n) is 8.26. The summed E-state index contributed by atoms with van der Waals surface area (Å²) in [4.78, 5) is 1.46. The average molecular weight is 384 g/mol. The molecule has 0 bridgehead atoms. The molecule has 1 aliphatic heterocycles. The normalized spacial score (nSPS) is 16.8. The van der Waals surface area contributed by atoms with Crippen LogP contribution in [0.25, 0.3) is 6.08 Å². The van der Waals surface area contributed by atoms with Gasteiger partial charge in [0.1, 0.15) is 17.0 Å². The van der Waals surface area contributed by atoms with Crippen molar-refractivity contribution in [2.24, 2.45) is 5.73 Å². The van der Waals surface area contributed by atoms with E-state index in [9.17, 15) is 12.8 Å². The zero-order chi connectivity index (χ0) is 19.2. The molecule has 1 aromatic heterocycles. The third-order valence-electron chi connectivity index (χ3n) is 4.45. The molecular formula is C19H17FN4O2S. The van der Waals surface area contributed by atoms with Crippen LogP contribution in [0.15, 0.2) is 64.5 Å².